The fraction of sp³-hybridized carbons (Fsp3) is 0.333. The van der Waals surface area contributed by atoms with Crippen LogP contribution in [0.2, 0.25) is 0 Å². The molecule has 0 bridgehead atoms. The molecule has 0 amide bonds. The standard InChI is InChI=1S/C21H27NO/c1-4-18(16-19-8-6-5-7-9-19)17-20-10-12-21(13-11-20)23-15-14-22(2)3/h5-13,17H,4,14-16H2,1-3H3/b18-17+. The van der Waals surface area contributed by atoms with E-state index >= 15 is 0 Å². The Hall–Kier alpha value is -2.06. The van der Waals surface area contributed by atoms with Gasteiger partial charge in [0, 0.05) is 6.54 Å². The summed E-state index contributed by atoms with van der Waals surface area (Å²) in [6.45, 7) is 3.86. The van der Waals surface area contributed by atoms with E-state index < -0.39 is 0 Å². The maximum atomic E-state index is 5.74. The summed E-state index contributed by atoms with van der Waals surface area (Å²) in [5.41, 5.74) is 4.04. The molecule has 0 unspecified atom stereocenters. The second-order valence-corrected chi connectivity index (χ2v) is 6.04. The van der Waals surface area contributed by atoms with E-state index in [0.29, 0.717) is 0 Å². The number of ether oxygens (including phenoxy) is 1. The quantitative estimate of drug-likeness (QED) is 0.703. The smallest absolute Gasteiger partial charge is 0.119 e. The predicted molar refractivity (Wildman–Crippen MR) is 98.9 cm³/mol. The van der Waals surface area contributed by atoms with E-state index in [4.69, 9.17) is 4.74 Å². The van der Waals surface area contributed by atoms with Gasteiger partial charge in [-0.15, -0.1) is 0 Å². The molecule has 0 aliphatic heterocycles. The van der Waals surface area contributed by atoms with Crippen LogP contribution in [0.4, 0.5) is 0 Å². The third kappa shape index (κ3) is 6.29. The average Bonchev–Trinajstić information content (AvgIpc) is 2.56. The Labute approximate surface area is 140 Å². The Bertz CT molecular complexity index is 599. The second-order valence-electron chi connectivity index (χ2n) is 6.04. The molecule has 0 saturated heterocycles. The van der Waals surface area contributed by atoms with E-state index in [1.165, 1.54) is 16.7 Å². The van der Waals surface area contributed by atoms with E-state index in [0.717, 1.165) is 31.7 Å². The van der Waals surface area contributed by atoms with Crippen molar-refractivity contribution in [2.45, 2.75) is 19.8 Å². The minimum absolute atomic E-state index is 0.719. The molecule has 0 N–H and O–H groups in total. The third-order valence-corrected chi connectivity index (χ3v) is 3.79. The van der Waals surface area contributed by atoms with Gasteiger partial charge in [0.1, 0.15) is 12.4 Å². The van der Waals surface area contributed by atoms with Gasteiger partial charge in [0.25, 0.3) is 0 Å². The lowest BCUT2D eigenvalue weighted by Gasteiger charge is -2.11. The number of nitrogens with zero attached hydrogens (tertiary/aromatic N) is 1. The molecule has 0 heterocycles. The average molecular weight is 309 g/mol. The van der Waals surface area contributed by atoms with Crippen LogP contribution in [-0.2, 0) is 6.42 Å². The van der Waals surface area contributed by atoms with Gasteiger partial charge in [0.2, 0.25) is 0 Å². The van der Waals surface area contributed by atoms with Gasteiger partial charge >= 0.3 is 0 Å². The molecule has 2 rings (SSSR count). The second kappa shape index (κ2) is 9.16. The zero-order chi connectivity index (χ0) is 16.5. The Kier molecular flexibility index (Phi) is 6.89. The molecule has 2 nitrogen and oxygen atoms in total. The van der Waals surface area contributed by atoms with Crippen molar-refractivity contribution in [2.24, 2.45) is 0 Å². The van der Waals surface area contributed by atoms with Crippen LogP contribution >= 0.6 is 0 Å². The maximum absolute atomic E-state index is 5.74. The number of allylic oxidation sites excluding steroid dienone is 1. The van der Waals surface area contributed by atoms with Gasteiger partial charge in [-0.25, -0.2) is 0 Å². The lowest BCUT2D eigenvalue weighted by atomic mass is 10.0. The summed E-state index contributed by atoms with van der Waals surface area (Å²) in [5, 5.41) is 0. The molecule has 122 valence electrons. The minimum atomic E-state index is 0.719. The van der Waals surface area contributed by atoms with Crippen LogP contribution in [0.5, 0.6) is 5.75 Å². The lowest BCUT2D eigenvalue weighted by molar-refractivity contribution is 0.261. The molecule has 0 spiro atoms. The highest BCUT2D eigenvalue weighted by molar-refractivity contribution is 5.54. The van der Waals surface area contributed by atoms with Gasteiger partial charge in [-0.1, -0.05) is 61.0 Å². The van der Waals surface area contributed by atoms with Crippen molar-refractivity contribution in [1.29, 1.82) is 0 Å². The Balaban J connectivity index is 1.97. The Morgan fingerprint density at radius 3 is 2.30 bits per heavy atom. The van der Waals surface area contributed by atoms with Gasteiger partial charge in [0.15, 0.2) is 0 Å². The molecule has 2 aromatic carbocycles. The van der Waals surface area contributed by atoms with Crippen LogP contribution in [0.1, 0.15) is 24.5 Å². The van der Waals surface area contributed by atoms with Gasteiger partial charge in [0.05, 0.1) is 0 Å². The molecule has 0 fully saturated rings. The van der Waals surface area contributed by atoms with Crippen molar-refractivity contribution in [1.82, 2.24) is 4.90 Å². The largest absolute Gasteiger partial charge is 0.492 e. The summed E-state index contributed by atoms with van der Waals surface area (Å²) in [6, 6.07) is 19.0. The first-order chi connectivity index (χ1) is 11.2. The van der Waals surface area contributed by atoms with Gasteiger partial charge in [-0.2, -0.15) is 0 Å². The topological polar surface area (TPSA) is 12.5 Å². The molecule has 23 heavy (non-hydrogen) atoms. The summed E-state index contributed by atoms with van der Waals surface area (Å²) in [6.07, 6.45) is 4.37. The van der Waals surface area contributed by atoms with Crippen LogP contribution in [-0.4, -0.2) is 32.1 Å². The van der Waals surface area contributed by atoms with E-state index in [-0.39, 0.29) is 0 Å². The molecule has 2 aromatic rings. The van der Waals surface area contributed by atoms with Crippen molar-refractivity contribution in [2.75, 3.05) is 27.2 Å². The monoisotopic (exact) mass is 309 g/mol. The highest BCUT2D eigenvalue weighted by Gasteiger charge is 2.00. The summed E-state index contributed by atoms with van der Waals surface area (Å²) in [5.74, 6) is 0.935. The zero-order valence-corrected chi connectivity index (χ0v) is 14.5. The zero-order valence-electron chi connectivity index (χ0n) is 14.5. The molecule has 0 radical (unpaired) electrons. The fourth-order valence-corrected chi connectivity index (χ4v) is 2.38. The normalized spacial score (nSPS) is 11.7. The molecule has 0 atom stereocenters. The summed E-state index contributed by atoms with van der Waals surface area (Å²) in [7, 11) is 4.10. The van der Waals surface area contributed by atoms with Crippen LogP contribution in [0.25, 0.3) is 6.08 Å². The highest BCUT2D eigenvalue weighted by atomic mass is 16.5. The van der Waals surface area contributed by atoms with Crippen LogP contribution in [0.3, 0.4) is 0 Å². The predicted octanol–water partition coefficient (Wildman–Crippen LogP) is 4.66. The number of hydrogen-bond donors (Lipinski definition) is 0. The number of benzene rings is 2. The Morgan fingerprint density at radius 1 is 1.00 bits per heavy atom. The molecule has 0 aliphatic rings. The van der Waals surface area contributed by atoms with E-state index in [9.17, 15) is 0 Å². The van der Waals surface area contributed by atoms with Crippen LogP contribution in [0, 0.1) is 0 Å². The first-order valence-corrected chi connectivity index (χ1v) is 8.28. The summed E-state index contributed by atoms with van der Waals surface area (Å²) >= 11 is 0. The highest BCUT2D eigenvalue weighted by Crippen LogP contribution is 2.18. The number of likely N-dealkylation sites (N-methyl/N-ethyl adjacent to an activating group) is 1. The van der Waals surface area contributed by atoms with E-state index in [1.54, 1.807) is 0 Å². The molecule has 0 aromatic heterocycles. The maximum Gasteiger partial charge on any atom is 0.119 e. The molecular weight excluding hydrogens is 282 g/mol. The first kappa shape index (κ1) is 17.3. The SMILES string of the molecule is CC/C(=C\c1ccc(OCCN(C)C)cc1)Cc1ccccc1. The molecule has 0 saturated carbocycles. The minimum Gasteiger partial charge on any atom is -0.492 e. The number of rotatable bonds is 8. The third-order valence-electron chi connectivity index (χ3n) is 3.79. The van der Waals surface area contributed by atoms with E-state index in [1.807, 2.05) is 0 Å². The summed E-state index contributed by atoms with van der Waals surface area (Å²) < 4.78 is 5.74. The van der Waals surface area contributed by atoms with Crippen molar-refractivity contribution in [3.05, 3.63) is 71.3 Å². The number of hydrogen-bond acceptors (Lipinski definition) is 2. The molecule has 0 aliphatic carbocycles. The van der Waals surface area contributed by atoms with Crippen molar-refractivity contribution in [3.8, 4) is 5.75 Å². The molecular formula is C21H27NO. The van der Waals surface area contributed by atoms with Crippen molar-refractivity contribution in [3.63, 3.8) is 0 Å². The van der Waals surface area contributed by atoms with Gasteiger partial charge in [-0.05, 0) is 50.2 Å². The van der Waals surface area contributed by atoms with Crippen molar-refractivity contribution >= 4 is 6.08 Å². The molecule has 2 heteroatoms. The first-order valence-electron chi connectivity index (χ1n) is 8.28. The van der Waals surface area contributed by atoms with Gasteiger partial charge in [-0.3, -0.25) is 0 Å². The van der Waals surface area contributed by atoms with Crippen LogP contribution in [0.15, 0.2) is 60.2 Å². The van der Waals surface area contributed by atoms with Gasteiger partial charge < -0.3 is 9.64 Å². The fourth-order valence-electron chi connectivity index (χ4n) is 2.38. The lowest BCUT2D eigenvalue weighted by Crippen LogP contribution is -2.19. The van der Waals surface area contributed by atoms with Crippen LogP contribution < -0.4 is 4.74 Å². The Morgan fingerprint density at radius 2 is 1.70 bits per heavy atom. The van der Waals surface area contributed by atoms with E-state index in [2.05, 4.69) is 86.6 Å². The van der Waals surface area contributed by atoms with Crippen molar-refractivity contribution < 1.29 is 4.74 Å². The summed E-state index contributed by atoms with van der Waals surface area (Å²) in [4.78, 5) is 2.12.